The molecule has 1 aromatic carbocycles. The lowest BCUT2D eigenvalue weighted by Gasteiger charge is -2.29. The molecule has 0 aliphatic carbocycles. The summed E-state index contributed by atoms with van der Waals surface area (Å²) in [5.74, 6) is 0.558. The fourth-order valence-electron chi connectivity index (χ4n) is 2.65. The molecule has 1 aliphatic rings. The van der Waals surface area contributed by atoms with E-state index in [2.05, 4.69) is 12.2 Å². The van der Waals surface area contributed by atoms with Crippen molar-refractivity contribution in [2.24, 2.45) is 5.92 Å². The van der Waals surface area contributed by atoms with Gasteiger partial charge in [-0.3, -0.25) is 4.79 Å². The number of ether oxygens (including phenoxy) is 1. The summed E-state index contributed by atoms with van der Waals surface area (Å²) in [6.45, 7) is 3.81. The van der Waals surface area contributed by atoms with E-state index in [1.165, 1.54) is 0 Å². The number of carbonyl (C=O) groups is 1. The first kappa shape index (κ1) is 15.6. The Morgan fingerprint density at radius 1 is 1.38 bits per heavy atom. The average Bonchev–Trinajstić information content (AvgIpc) is 2.49. The van der Waals surface area contributed by atoms with Crippen LogP contribution in [0.1, 0.15) is 30.1 Å². The maximum Gasteiger partial charge on any atom is 0.253 e. The zero-order valence-electron chi connectivity index (χ0n) is 13.1. The topological polar surface area (TPSA) is 67.6 Å². The highest BCUT2D eigenvalue weighted by Crippen LogP contribution is 2.26. The number of nitrogens with two attached hydrogens (primary N) is 1. The monoisotopic (exact) mass is 291 g/mol. The highest BCUT2D eigenvalue weighted by atomic mass is 16.5. The molecule has 0 aromatic heterocycles. The van der Waals surface area contributed by atoms with Gasteiger partial charge in [-0.2, -0.15) is 0 Å². The number of hydrogen-bond donors (Lipinski definition) is 2. The summed E-state index contributed by atoms with van der Waals surface area (Å²) >= 11 is 0. The molecule has 0 spiro atoms. The van der Waals surface area contributed by atoms with E-state index in [1.807, 2.05) is 6.07 Å². The second kappa shape index (κ2) is 6.80. The third-order valence-corrected chi connectivity index (χ3v) is 4.06. The first-order valence-corrected chi connectivity index (χ1v) is 7.44. The standard InChI is InChI=1S/C16H25N3O2/c1-11(12-6-8-21-9-7-12)18-15-10-13(4-5-14(15)17)16(20)19(2)3/h4-5,10-12,18H,6-9,17H2,1-3H3. The molecule has 1 unspecified atom stereocenters. The Bertz CT molecular complexity index is 496. The molecule has 5 nitrogen and oxygen atoms in total. The molecule has 1 atom stereocenters. The third-order valence-electron chi connectivity index (χ3n) is 4.06. The summed E-state index contributed by atoms with van der Waals surface area (Å²) in [7, 11) is 3.49. The molecule has 0 saturated carbocycles. The molecular weight excluding hydrogens is 266 g/mol. The Morgan fingerprint density at radius 2 is 2.05 bits per heavy atom. The molecule has 1 fully saturated rings. The van der Waals surface area contributed by atoms with Crippen molar-refractivity contribution < 1.29 is 9.53 Å². The van der Waals surface area contributed by atoms with E-state index >= 15 is 0 Å². The minimum atomic E-state index is -0.0169. The second-order valence-electron chi connectivity index (χ2n) is 5.88. The number of nitrogen functional groups attached to an aromatic ring is 1. The number of nitrogens with one attached hydrogen (secondary N) is 1. The molecule has 2 rings (SSSR count). The molecule has 0 bridgehead atoms. The number of amides is 1. The molecule has 1 aromatic rings. The van der Waals surface area contributed by atoms with Crippen molar-refractivity contribution in [2.75, 3.05) is 38.4 Å². The van der Waals surface area contributed by atoms with Crippen LogP contribution in [-0.4, -0.2) is 44.2 Å². The highest BCUT2D eigenvalue weighted by Gasteiger charge is 2.21. The lowest BCUT2D eigenvalue weighted by molar-refractivity contribution is 0.0622. The van der Waals surface area contributed by atoms with Gasteiger partial charge in [0.15, 0.2) is 0 Å². The van der Waals surface area contributed by atoms with Crippen LogP contribution < -0.4 is 11.1 Å². The van der Waals surface area contributed by atoms with Crippen LogP contribution >= 0.6 is 0 Å². The predicted octanol–water partition coefficient (Wildman–Crippen LogP) is 2.20. The predicted molar refractivity (Wildman–Crippen MR) is 85.5 cm³/mol. The minimum absolute atomic E-state index is 0.0169. The van der Waals surface area contributed by atoms with Crippen LogP contribution in [0.25, 0.3) is 0 Å². The fraction of sp³-hybridized carbons (Fsp3) is 0.562. The third kappa shape index (κ3) is 3.88. The largest absolute Gasteiger partial charge is 0.397 e. The van der Waals surface area contributed by atoms with Crippen LogP contribution in [0.4, 0.5) is 11.4 Å². The van der Waals surface area contributed by atoms with Gasteiger partial charge >= 0.3 is 0 Å². The van der Waals surface area contributed by atoms with E-state index in [1.54, 1.807) is 31.1 Å². The van der Waals surface area contributed by atoms with Crippen molar-refractivity contribution in [3.63, 3.8) is 0 Å². The van der Waals surface area contributed by atoms with Crippen molar-refractivity contribution in [3.05, 3.63) is 23.8 Å². The normalized spacial score (nSPS) is 17.3. The van der Waals surface area contributed by atoms with Crippen LogP contribution in [0.5, 0.6) is 0 Å². The molecule has 21 heavy (non-hydrogen) atoms. The Kier molecular flexibility index (Phi) is 5.07. The smallest absolute Gasteiger partial charge is 0.253 e. The van der Waals surface area contributed by atoms with E-state index < -0.39 is 0 Å². The van der Waals surface area contributed by atoms with Gasteiger partial charge < -0.3 is 20.7 Å². The maximum absolute atomic E-state index is 12.0. The SMILES string of the molecule is CC(Nc1cc(C(=O)N(C)C)ccc1N)C1CCOCC1. The molecule has 0 radical (unpaired) electrons. The summed E-state index contributed by atoms with van der Waals surface area (Å²) in [5, 5.41) is 3.46. The van der Waals surface area contributed by atoms with Crippen molar-refractivity contribution in [2.45, 2.75) is 25.8 Å². The van der Waals surface area contributed by atoms with Crippen LogP contribution in [0.15, 0.2) is 18.2 Å². The van der Waals surface area contributed by atoms with E-state index in [0.29, 0.717) is 23.2 Å². The molecule has 116 valence electrons. The fourth-order valence-corrected chi connectivity index (χ4v) is 2.65. The number of rotatable bonds is 4. The van der Waals surface area contributed by atoms with E-state index in [4.69, 9.17) is 10.5 Å². The number of anilines is 2. The Morgan fingerprint density at radius 3 is 2.67 bits per heavy atom. The second-order valence-corrected chi connectivity index (χ2v) is 5.88. The van der Waals surface area contributed by atoms with Crippen LogP contribution in [-0.2, 0) is 4.74 Å². The van der Waals surface area contributed by atoms with Gasteiger partial charge in [0, 0.05) is 38.9 Å². The van der Waals surface area contributed by atoms with Gasteiger partial charge in [0.05, 0.1) is 11.4 Å². The summed E-state index contributed by atoms with van der Waals surface area (Å²) < 4.78 is 5.40. The number of carbonyl (C=O) groups excluding carboxylic acids is 1. The van der Waals surface area contributed by atoms with Crippen molar-refractivity contribution in [1.29, 1.82) is 0 Å². The Hall–Kier alpha value is -1.75. The van der Waals surface area contributed by atoms with Gasteiger partial charge in [-0.1, -0.05) is 0 Å². The zero-order valence-corrected chi connectivity index (χ0v) is 13.1. The number of benzene rings is 1. The quantitative estimate of drug-likeness (QED) is 0.835. The first-order chi connectivity index (χ1) is 9.99. The van der Waals surface area contributed by atoms with Crippen molar-refractivity contribution >= 4 is 17.3 Å². The lowest BCUT2D eigenvalue weighted by Crippen LogP contribution is -2.31. The summed E-state index contributed by atoms with van der Waals surface area (Å²) in [4.78, 5) is 13.6. The maximum atomic E-state index is 12.0. The molecule has 1 aliphatic heterocycles. The van der Waals surface area contributed by atoms with Crippen molar-refractivity contribution in [1.82, 2.24) is 4.90 Å². The molecule has 1 saturated heterocycles. The van der Waals surface area contributed by atoms with Crippen molar-refractivity contribution in [3.8, 4) is 0 Å². The zero-order chi connectivity index (χ0) is 15.4. The molecule has 1 heterocycles. The molecule has 5 heteroatoms. The summed E-state index contributed by atoms with van der Waals surface area (Å²) in [6.07, 6.45) is 2.12. The van der Waals surface area contributed by atoms with Crippen LogP contribution in [0, 0.1) is 5.92 Å². The molecular formula is C16H25N3O2. The lowest BCUT2D eigenvalue weighted by atomic mass is 9.92. The highest BCUT2D eigenvalue weighted by molar-refractivity contribution is 5.95. The molecule has 3 N–H and O–H groups in total. The van der Waals surface area contributed by atoms with Gasteiger partial charge in [0.25, 0.3) is 5.91 Å². The Balaban J connectivity index is 2.11. The van der Waals surface area contributed by atoms with Crippen LogP contribution in [0.2, 0.25) is 0 Å². The van der Waals surface area contributed by atoms with E-state index in [0.717, 1.165) is 31.7 Å². The van der Waals surface area contributed by atoms with E-state index in [-0.39, 0.29) is 5.91 Å². The first-order valence-electron chi connectivity index (χ1n) is 7.44. The van der Waals surface area contributed by atoms with Gasteiger partial charge in [0.2, 0.25) is 0 Å². The van der Waals surface area contributed by atoms with Crippen LogP contribution in [0.3, 0.4) is 0 Å². The summed E-state index contributed by atoms with van der Waals surface area (Å²) in [5.41, 5.74) is 8.19. The minimum Gasteiger partial charge on any atom is -0.397 e. The van der Waals surface area contributed by atoms with Gasteiger partial charge in [-0.25, -0.2) is 0 Å². The summed E-state index contributed by atoms with van der Waals surface area (Å²) in [6, 6.07) is 5.70. The van der Waals surface area contributed by atoms with E-state index in [9.17, 15) is 4.79 Å². The van der Waals surface area contributed by atoms with Gasteiger partial charge in [-0.05, 0) is 43.9 Å². The van der Waals surface area contributed by atoms with Gasteiger partial charge in [0.1, 0.15) is 0 Å². The van der Waals surface area contributed by atoms with Gasteiger partial charge in [-0.15, -0.1) is 0 Å². The molecule has 1 amide bonds. The number of hydrogen-bond acceptors (Lipinski definition) is 4. The Labute approximate surface area is 126 Å². The average molecular weight is 291 g/mol. The number of nitrogens with zero attached hydrogens (tertiary/aromatic N) is 1.